The van der Waals surface area contributed by atoms with Crippen LogP contribution in [0.1, 0.15) is 25.3 Å². The summed E-state index contributed by atoms with van der Waals surface area (Å²) in [4.78, 5) is 24.7. The van der Waals surface area contributed by atoms with Gasteiger partial charge in [-0.1, -0.05) is 6.07 Å². The second-order valence-corrected chi connectivity index (χ2v) is 5.34. The third-order valence-electron chi connectivity index (χ3n) is 3.86. The van der Waals surface area contributed by atoms with Crippen LogP contribution in [-0.2, 0) is 19.1 Å². The van der Waals surface area contributed by atoms with Crippen LogP contribution in [-0.4, -0.2) is 32.3 Å². The molecule has 0 unspecified atom stereocenters. The van der Waals surface area contributed by atoms with E-state index in [4.69, 9.17) is 24.7 Å². The van der Waals surface area contributed by atoms with Gasteiger partial charge in [0.05, 0.1) is 32.3 Å². The number of carbonyl (C=O) groups excluding carboxylic acids is 2. The highest BCUT2D eigenvalue weighted by atomic mass is 16.5. The third-order valence-corrected chi connectivity index (χ3v) is 3.86. The van der Waals surface area contributed by atoms with E-state index < -0.39 is 23.8 Å². The molecule has 0 aliphatic carbocycles. The Kier molecular flexibility index (Phi) is 6.07. The minimum Gasteiger partial charge on any atom is -0.497 e. The van der Waals surface area contributed by atoms with Gasteiger partial charge in [-0.25, -0.2) is 4.79 Å². The molecular formula is C18H20N2O6. The van der Waals surface area contributed by atoms with E-state index in [1.165, 1.54) is 7.11 Å². The molecular weight excluding hydrogens is 340 g/mol. The van der Waals surface area contributed by atoms with Gasteiger partial charge in [0.2, 0.25) is 5.88 Å². The molecule has 1 aromatic rings. The highest BCUT2D eigenvalue weighted by Crippen LogP contribution is 2.44. The van der Waals surface area contributed by atoms with E-state index >= 15 is 0 Å². The molecule has 0 aromatic heterocycles. The molecule has 2 atom stereocenters. The number of nitrogens with two attached hydrogens (primary N) is 1. The zero-order chi connectivity index (χ0) is 19.3. The predicted molar refractivity (Wildman–Crippen MR) is 89.9 cm³/mol. The van der Waals surface area contributed by atoms with Crippen molar-refractivity contribution in [3.8, 4) is 17.6 Å². The molecule has 1 aromatic carbocycles. The van der Waals surface area contributed by atoms with Crippen LogP contribution >= 0.6 is 0 Å². The average molecular weight is 360 g/mol. The van der Waals surface area contributed by atoms with Gasteiger partial charge in [-0.2, -0.15) is 5.26 Å². The summed E-state index contributed by atoms with van der Waals surface area (Å²) in [5.41, 5.74) is 6.30. The Morgan fingerprint density at radius 3 is 2.58 bits per heavy atom. The van der Waals surface area contributed by atoms with Crippen LogP contribution in [0, 0.1) is 17.2 Å². The van der Waals surface area contributed by atoms with Crippen molar-refractivity contribution in [1.29, 1.82) is 5.26 Å². The fraction of sp³-hybridized carbons (Fsp3) is 0.389. The van der Waals surface area contributed by atoms with Gasteiger partial charge in [-0.3, -0.25) is 4.79 Å². The number of carbonyl (C=O) groups is 2. The lowest BCUT2D eigenvalue weighted by Gasteiger charge is -2.30. The molecule has 0 saturated heterocycles. The first-order chi connectivity index (χ1) is 12.5. The Balaban J connectivity index is 2.62. The third kappa shape index (κ3) is 3.57. The number of nitrogens with zero attached hydrogens (tertiary/aromatic N) is 1. The second-order valence-electron chi connectivity index (χ2n) is 5.34. The van der Waals surface area contributed by atoms with Crippen molar-refractivity contribution >= 4 is 11.9 Å². The highest BCUT2D eigenvalue weighted by molar-refractivity contribution is 5.93. The smallest absolute Gasteiger partial charge is 0.340 e. The Morgan fingerprint density at radius 1 is 1.31 bits per heavy atom. The predicted octanol–water partition coefficient (Wildman–Crippen LogP) is 1.61. The van der Waals surface area contributed by atoms with Crippen LogP contribution in [0.15, 0.2) is 29.7 Å². The Morgan fingerprint density at radius 2 is 2.00 bits per heavy atom. The Hall–Kier alpha value is -3.21. The first-order valence-electron chi connectivity index (χ1n) is 8.07. The van der Waals surface area contributed by atoms with Crippen LogP contribution in [0.3, 0.4) is 0 Å². The summed E-state index contributed by atoms with van der Waals surface area (Å²) >= 11 is 0. The fourth-order valence-electron chi connectivity index (χ4n) is 2.75. The summed E-state index contributed by atoms with van der Waals surface area (Å²) in [6.07, 6.45) is 0. The number of esters is 2. The monoisotopic (exact) mass is 360 g/mol. The van der Waals surface area contributed by atoms with Gasteiger partial charge in [-0.15, -0.1) is 0 Å². The molecule has 8 nitrogen and oxygen atoms in total. The van der Waals surface area contributed by atoms with Crippen molar-refractivity contribution in [2.45, 2.75) is 19.8 Å². The van der Waals surface area contributed by atoms with E-state index in [-0.39, 0.29) is 24.7 Å². The van der Waals surface area contributed by atoms with Crippen molar-refractivity contribution in [2.24, 2.45) is 11.7 Å². The van der Waals surface area contributed by atoms with Crippen LogP contribution in [0.5, 0.6) is 11.5 Å². The number of fused-ring (bicyclic) bond motifs is 1. The number of hydrogen-bond acceptors (Lipinski definition) is 8. The standard InChI is InChI=1S/C18H20N2O6/c1-4-24-17(21)12(9-19)14-11-7-6-10(23-3)8-13(11)26-16(20)15(14)18(22)25-5-2/h6-8,12,14H,4-5,20H2,1-3H3/t12-,14+/m0/s1. The lowest BCUT2D eigenvalue weighted by Crippen LogP contribution is -2.33. The zero-order valence-corrected chi connectivity index (χ0v) is 14.8. The second kappa shape index (κ2) is 8.25. The summed E-state index contributed by atoms with van der Waals surface area (Å²) in [5, 5.41) is 9.59. The Labute approximate surface area is 151 Å². The minimum atomic E-state index is -1.29. The van der Waals surface area contributed by atoms with Crippen molar-refractivity contribution in [3.05, 3.63) is 35.2 Å². The van der Waals surface area contributed by atoms with Gasteiger partial charge in [0.15, 0.2) is 5.92 Å². The van der Waals surface area contributed by atoms with Gasteiger partial charge in [0.25, 0.3) is 0 Å². The molecule has 2 rings (SSSR count). The van der Waals surface area contributed by atoms with Gasteiger partial charge in [0.1, 0.15) is 17.1 Å². The van der Waals surface area contributed by atoms with E-state index in [1.54, 1.807) is 32.0 Å². The van der Waals surface area contributed by atoms with Crippen LogP contribution in [0.4, 0.5) is 0 Å². The van der Waals surface area contributed by atoms with E-state index in [0.29, 0.717) is 17.1 Å². The van der Waals surface area contributed by atoms with Crippen molar-refractivity contribution in [1.82, 2.24) is 0 Å². The zero-order valence-electron chi connectivity index (χ0n) is 14.8. The highest BCUT2D eigenvalue weighted by Gasteiger charge is 2.43. The summed E-state index contributed by atoms with van der Waals surface area (Å²) in [7, 11) is 1.49. The molecule has 0 saturated carbocycles. The number of nitriles is 1. The van der Waals surface area contributed by atoms with E-state index in [9.17, 15) is 14.9 Å². The van der Waals surface area contributed by atoms with E-state index in [1.807, 2.05) is 6.07 Å². The first kappa shape index (κ1) is 19.1. The van der Waals surface area contributed by atoms with Crippen molar-refractivity contribution in [2.75, 3.05) is 20.3 Å². The molecule has 1 aliphatic rings. The molecule has 1 heterocycles. The lowest BCUT2D eigenvalue weighted by atomic mass is 9.79. The fourth-order valence-corrected chi connectivity index (χ4v) is 2.75. The van der Waals surface area contributed by atoms with Gasteiger partial charge >= 0.3 is 11.9 Å². The molecule has 0 radical (unpaired) electrons. The van der Waals surface area contributed by atoms with E-state index in [0.717, 1.165) is 0 Å². The number of hydrogen-bond donors (Lipinski definition) is 1. The number of benzene rings is 1. The summed E-state index contributed by atoms with van der Waals surface area (Å²) < 4.78 is 20.7. The van der Waals surface area contributed by atoms with Crippen LogP contribution < -0.4 is 15.2 Å². The molecule has 0 bridgehead atoms. The maximum atomic E-state index is 12.4. The molecule has 138 valence electrons. The molecule has 2 N–H and O–H groups in total. The SMILES string of the molecule is CCOC(=O)C1=C(N)Oc2cc(OC)ccc2[C@@H]1[C@H](C#N)C(=O)OCC. The largest absolute Gasteiger partial charge is 0.497 e. The van der Waals surface area contributed by atoms with E-state index in [2.05, 4.69) is 0 Å². The topological polar surface area (TPSA) is 121 Å². The van der Waals surface area contributed by atoms with Gasteiger partial charge < -0.3 is 24.7 Å². The molecule has 26 heavy (non-hydrogen) atoms. The van der Waals surface area contributed by atoms with Crippen LogP contribution in [0.2, 0.25) is 0 Å². The average Bonchev–Trinajstić information content (AvgIpc) is 2.61. The number of methoxy groups -OCH3 is 1. The molecule has 1 aliphatic heterocycles. The summed E-state index contributed by atoms with van der Waals surface area (Å²) in [5.74, 6) is -3.20. The normalized spacial score (nSPS) is 16.6. The quantitative estimate of drug-likeness (QED) is 0.760. The van der Waals surface area contributed by atoms with Crippen molar-refractivity contribution < 1.29 is 28.5 Å². The maximum absolute atomic E-state index is 12.4. The van der Waals surface area contributed by atoms with Gasteiger partial charge in [-0.05, 0) is 19.9 Å². The first-order valence-corrected chi connectivity index (χ1v) is 8.07. The number of rotatable bonds is 6. The minimum absolute atomic E-state index is 0.0795. The molecule has 0 amide bonds. The summed E-state index contributed by atoms with van der Waals surface area (Å²) in [6.45, 7) is 3.48. The summed E-state index contributed by atoms with van der Waals surface area (Å²) in [6, 6.07) is 6.74. The molecule has 0 spiro atoms. The molecule has 0 fully saturated rings. The lowest BCUT2D eigenvalue weighted by molar-refractivity contribution is -0.146. The molecule has 8 heteroatoms. The van der Waals surface area contributed by atoms with Gasteiger partial charge in [0, 0.05) is 11.6 Å². The van der Waals surface area contributed by atoms with Crippen LogP contribution in [0.25, 0.3) is 0 Å². The number of ether oxygens (including phenoxy) is 4. The van der Waals surface area contributed by atoms with Crippen molar-refractivity contribution in [3.63, 3.8) is 0 Å². The Bertz CT molecular complexity index is 780. The maximum Gasteiger partial charge on any atom is 0.340 e.